The van der Waals surface area contributed by atoms with Crippen molar-refractivity contribution >= 4 is 5.91 Å². The molecule has 0 spiro atoms. The fraction of sp³-hybridized carbons (Fsp3) is 0.364. The van der Waals surface area contributed by atoms with Gasteiger partial charge in [-0.05, 0) is 36.6 Å². The summed E-state index contributed by atoms with van der Waals surface area (Å²) in [7, 11) is 1.93. The van der Waals surface area contributed by atoms with E-state index in [4.69, 9.17) is 15.5 Å². The SMILES string of the molecule is Cn1cnnc1CC1(c2cccc(C(N)=O)c2-c2cccc(C3CC3)n2)COC1. The predicted molar refractivity (Wildman–Crippen MR) is 107 cm³/mol. The molecule has 1 saturated heterocycles. The lowest BCUT2D eigenvalue weighted by atomic mass is 9.72. The quantitative estimate of drug-likeness (QED) is 0.698. The van der Waals surface area contributed by atoms with Crippen LogP contribution < -0.4 is 5.73 Å². The van der Waals surface area contributed by atoms with Crippen LogP contribution in [0, 0.1) is 0 Å². The van der Waals surface area contributed by atoms with Gasteiger partial charge in [0.1, 0.15) is 12.2 Å². The zero-order valence-electron chi connectivity index (χ0n) is 16.3. The number of primary amides is 1. The highest BCUT2D eigenvalue weighted by atomic mass is 16.5. The fourth-order valence-corrected chi connectivity index (χ4v) is 4.14. The average molecular weight is 389 g/mol. The lowest BCUT2D eigenvalue weighted by molar-refractivity contribution is -0.0608. The number of ether oxygens (including phenoxy) is 1. The van der Waals surface area contributed by atoms with Gasteiger partial charge in [0, 0.05) is 41.6 Å². The zero-order chi connectivity index (χ0) is 20.0. The Bertz CT molecular complexity index is 1080. The number of hydrogen-bond donors (Lipinski definition) is 1. The number of carbonyl (C=O) groups excluding carboxylic acids is 1. The molecule has 2 fully saturated rings. The van der Waals surface area contributed by atoms with Crippen molar-refractivity contribution in [2.45, 2.75) is 30.6 Å². The molecule has 148 valence electrons. The predicted octanol–water partition coefficient (Wildman–Crippen LogP) is 2.36. The van der Waals surface area contributed by atoms with Gasteiger partial charge in [-0.3, -0.25) is 9.78 Å². The number of pyridine rings is 1. The first-order chi connectivity index (χ1) is 14.1. The molecule has 2 aromatic heterocycles. The van der Waals surface area contributed by atoms with Crippen molar-refractivity contribution in [2.24, 2.45) is 12.8 Å². The molecule has 0 radical (unpaired) electrons. The van der Waals surface area contributed by atoms with Gasteiger partial charge in [-0.2, -0.15) is 0 Å². The number of nitrogens with zero attached hydrogens (tertiary/aromatic N) is 4. The molecule has 2 N–H and O–H groups in total. The molecule has 1 saturated carbocycles. The maximum absolute atomic E-state index is 12.3. The summed E-state index contributed by atoms with van der Waals surface area (Å²) in [4.78, 5) is 17.2. The second-order valence-electron chi connectivity index (χ2n) is 8.12. The summed E-state index contributed by atoms with van der Waals surface area (Å²) in [6.45, 7) is 1.11. The van der Waals surface area contributed by atoms with E-state index < -0.39 is 5.91 Å². The molecule has 3 heterocycles. The Kier molecular flexibility index (Phi) is 4.20. The number of hydrogen-bond acceptors (Lipinski definition) is 5. The number of aryl methyl sites for hydroxylation is 1. The first-order valence-corrected chi connectivity index (χ1v) is 9.89. The minimum atomic E-state index is -0.450. The van der Waals surface area contributed by atoms with Crippen LogP contribution in [0.5, 0.6) is 0 Å². The van der Waals surface area contributed by atoms with Gasteiger partial charge in [-0.15, -0.1) is 10.2 Å². The minimum Gasteiger partial charge on any atom is -0.379 e. The maximum Gasteiger partial charge on any atom is 0.249 e. The number of benzene rings is 1. The third-order valence-corrected chi connectivity index (χ3v) is 5.98. The number of rotatable bonds is 6. The van der Waals surface area contributed by atoms with Crippen molar-refractivity contribution in [2.75, 3.05) is 13.2 Å². The third kappa shape index (κ3) is 3.11. The highest BCUT2D eigenvalue weighted by Crippen LogP contribution is 2.43. The Morgan fingerprint density at radius 1 is 1.24 bits per heavy atom. The summed E-state index contributed by atoms with van der Waals surface area (Å²) in [5.41, 5.74) is 9.69. The Morgan fingerprint density at radius 2 is 2.03 bits per heavy atom. The summed E-state index contributed by atoms with van der Waals surface area (Å²) in [5, 5.41) is 8.27. The van der Waals surface area contributed by atoms with E-state index in [2.05, 4.69) is 22.3 Å². The average Bonchev–Trinajstić information content (AvgIpc) is 3.47. The highest BCUT2D eigenvalue weighted by molar-refractivity contribution is 6.00. The van der Waals surface area contributed by atoms with Crippen molar-refractivity contribution in [1.29, 1.82) is 0 Å². The van der Waals surface area contributed by atoms with Gasteiger partial charge in [-0.25, -0.2) is 0 Å². The van der Waals surface area contributed by atoms with E-state index in [1.54, 1.807) is 12.4 Å². The molecule has 3 aromatic rings. The molecule has 0 bridgehead atoms. The van der Waals surface area contributed by atoms with E-state index in [9.17, 15) is 4.79 Å². The smallest absolute Gasteiger partial charge is 0.249 e. The molecule has 1 aromatic carbocycles. The molecule has 1 amide bonds. The van der Waals surface area contributed by atoms with Gasteiger partial charge in [0.2, 0.25) is 5.91 Å². The van der Waals surface area contributed by atoms with Crippen LogP contribution in [0.3, 0.4) is 0 Å². The van der Waals surface area contributed by atoms with E-state index in [-0.39, 0.29) is 5.41 Å². The number of carbonyl (C=O) groups is 1. The Labute approximate surface area is 168 Å². The normalized spacial score (nSPS) is 17.7. The van der Waals surface area contributed by atoms with Gasteiger partial charge in [-0.1, -0.05) is 18.2 Å². The van der Waals surface area contributed by atoms with Crippen molar-refractivity contribution in [1.82, 2.24) is 19.7 Å². The van der Waals surface area contributed by atoms with Gasteiger partial charge in [0.25, 0.3) is 0 Å². The fourth-order valence-electron chi connectivity index (χ4n) is 4.14. The van der Waals surface area contributed by atoms with Crippen molar-refractivity contribution in [3.63, 3.8) is 0 Å². The summed E-state index contributed by atoms with van der Waals surface area (Å²) in [5.74, 6) is 0.955. The van der Waals surface area contributed by atoms with E-state index in [1.807, 2.05) is 29.8 Å². The molecule has 0 unspecified atom stereocenters. The maximum atomic E-state index is 12.3. The summed E-state index contributed by atoms with van der Waals surface area (Å²) >= 11 is 0. The van der Waals surface area contributed by atoms with Crippen LogP contribution in [0.1, 0.15) is 46.2 Å². The first-order valence-electron chi connectivity index (χ1n) is 9.89. The van der Waals surface area contributed by atoms with Crippen molar-refractivity contribution in [3.05, 3.63) is 65.4 Å². The standard InChI is InChI=1S/C22H23N5O2/c1-27-13-24-26-19(27)10-22(11-29-12-22)16-5-2-4-15(21(23)28)20(16)18-7-3-6-17(25-18)14-8-9-14/h2-7,13-14H,8-12H2,1H3,(H2,23,28). The number of amides is 1. The third-order valence-electron chi connectivity index (χ3n) is 5.98. The van der Waals surface area contributed by atoms with Crippen molar-refractivity contribution in [3.8, 4) is 11.3 Å². The molecule has 2 aliphatic rings. The minimum absolute atomic E-state index is 0.293. The van der Waals surface area contributed by atoms with E-state index in [0.29, 0.717) is 31.1 Å². The zero-order valence-corrected chi connectivity index (χ0v) is 16.3. The van der Waals surface area contributed by atoms with Crippen LogP contribution in [0.15, 0.2) is 42.7 Å². The molecule has 0 atom stereocenters. The second kappa shape index (κ2) is 6.77. The van der Waals surface area contributed by atoms with Gasteiger partial charge < -0.3 is 15.0 Å². The lowest BCUT2D eigenvalue weighted by Gasteiger charge is -2.43. The number of nitrogens with two attached hydrogens (primary N) is 1. The van der Waals surface area contributed by atoms with Crippen LogP contribution in [-0.2, 0) is 23.6 Å². The van der Waals surface area contributed by atoms with Crippen LogP contribution >= 0.6 is 0 Å². The van der Waals surface area contributed by atoms with Crippen LogP contribution in [0.4, 0.5) is 0 Å². The molecule has 29 heavy (non-hydrogen) atoms. The molecule has 1 aliphatic heterocycles. The molecule has 7 heteroatoms. The molecular formula is C22H23N5O2. The number of aromatic nitrogens is 4. The van der Waals surface area contributed by atoms with Gasteiger partial charge >= 0.3 is 0 Å². The topological polar surface area (TPSA) is 95.9 Å². The second-order valence-corrected chi connectivity index (χ2v) is 8.12. The van der Waals surface area contributed by atoms with Crippen LogP contribution in [0.25, 0.3) is 11.3 Å². The van der Waals surface area contributed by atoms with Crippen molar-refractivity contribution < 1.29 is 9.53 Å². The van der Waals surface area contributed by atoms with E-state index in [0.717, 1.165) is 28.3 Å². The van der Waals surface area contributed by atoms with Crippen LogP contribution in [-0.4, -0.2) is 38.9 Å². The molecule has 1 aliphatic carbocycles. The summed E-state index contributed by atoms with van der Waals surface area (Å²) < 4.78 is 7.57. The highest BCUT2D eigenvalue weighted by Gasteiger charge is 2.44. The monoisotopic (exact) mass is 389 g/mol. The summed E-state index contributed by atoms with van der Waals surface area (Å²) in [6.07, 6.45) is 4.71. The molecule has 5 rings (SSSR count). The Balaban J connectivity index is 1.67. The summed E-state index contributed by atoms with van der Waals surface area (Å²) in [6, 6.07) is 11.8. The largest absolute Gasteiger partial charge is 0.379 e. The van der Waals surface area contributed by atoms with E-state index in [1.165, 1.54) is 12.8 Å². The first kappa shape index (κ1) is 18.0. The van der Waals surface area contributed by atoms with Gasteiger partial charge in [0.05, 0.1) is 18.9 Å². The van der Waals surface area contributed by atoms with Gasteiger partial charge in [0.15, 0.2) is 0 Å². The van der Waals surface area contributed by atoms with E-state index >= 15 is 0 Å². The molecular weight excluding hydrogens is 366 g/mol. The Hall–Kier alpha value is -3.06. The lowest BCUT2D eigenvalue weighted by Crippen LogP contribution is -2.49. The molecule has 7 nitrogen and oxygen atoms in total. The Morgan fingerprint density at radius 3 is 2.66 bits per heavy atom. The van der Waals surface area contributed by atoms with Crippen LogP contribution in [0.2, 0.25) is 0 Å².